The summed E-state index contributed by atoms with van der Waals surface area (Å²) in [5.74, 6) is 0.302. The van der Waals surface area contributed by atoms with Gasteiger partial charge in [-0.25, -0.2) is 0 Å². The summed E-state index contributed by atoms with van der Waals surface area (Å²) >= 11 is 1.67. The number of hydrogen-bond acceptors (Lipinski definition) is 3. The maximum Gasteiger partial charge on any atom is 0.242 e. The van der Waals surface area contributed by atoms with E-state index in [0.717, 1.165) is 24.1 Å². The Morgan fingerprint density at radius 3 is 2.50 bits per heavy atom. The van der Waals surface area contributed by atoms with Gasteiger partial charge < -0.3 is 9.80 Å². The minimum absolute atomic E-state index is 0.0133. The van der Waals surface area contributed by atoms with E-state index in [1.54, 1.807) is 11.3 Å². The molecule has 2 aliphatic carbocycles. The Balaban J connectivity index is 1.51. The minimum Gasteiger partial charge on any atom is -0.336 e. The van der Waals surface area contributed by atoms with Crippen molar-refractivity contribution in [3.63, 3.8) is 0 Å². The number of nitrogens with zero attached hydrogens (tertiary/aromatic N) is 2. The standard InChI is InChI=1S/C19H26N2O2S/c1-18(2)13-19(18,15-8-5-11-24-15)17(23)20-9-10-21(16(22)12-20)14-6-3-4-7-14/h5,8,11,14H,3-4,6-7,9-10,12-13H2,1-2H3/t19-/m0/s1. The number of piperazine rings is 1. The van der Waals surface area contributed by atoms with Crippen LogP contribution in [0, 0.1) is 5.41 Å². The predicted molar refractivity (Wildman–Crippen MR) is 94.9 cm³/mol. The minimum atomic E-state index is -0.406. The number of hydrogen-bond donors (Lipinski definition) is 0. The van der Waals surface area contributed by atoms with Gasteiger partial charge in [-0.05, 0) is 36.1 Å². The maximum absolute atomic E-state index is 13.3. The highest BCUT2D eigenvalue weighted by Crippen LogP contribution is 2.66. The fourth-order valence-electron chi connectivity index (χ4n) is 4.76. The second-order valence-electron chi connectivity index (χ2n) is 8.20. The van der Waals surface area contributed by atoms with Crippen LogP contribution in [0.1, 0.15) is 50.8 Å². The average Bonchev–Trinajstić information content (AvgIpc) is 3.07. The third-order valence-electron chi connectivity index (χ3n) is 6.35. The quantitative estimate of drug-likeness (QED) is 0.844. The van der Waals surface area contributed by atoms with E-state index < -0.39 is 5.41 Å². The third kappa shape index (κ3) is 2.32. The molecule has 0 spiro atoms. The molecule has 2 heterocycles. The molecule has 0 N–H and O–H groups in total. The van der Waals surface area contributed by atoms with E-state index in [4.69, 9.17) is 0 Å². The highest BCUT2D eigenvalue weighted by molar-refractivity contribution is 7.10. The van der Waals surface area contributed by atoms with Crippen molar-refractivity contribution in [2.75, 3.05) is 19.6 Å². The van der Waals surface area contributed by atoms with Crippen LogP contribution in [-0.4, -0.2) is 47.3 Å². The predicted octanol–water partition coefficient (Wildman–Crippen LogP) is 3.03. The molecule has 2 amide bonds. The molecule has 1 aromatic heterocycles. The van der Waals surface area contributed by atoms with E-state index in [2.05, 4.69) is 19.9 Å². The fourth-order valence-corrected chi connectivity index (χ4v) is 5.86. The largest absolute Gasteiger partial charge is 0.336 e. The molecule has 2 saturated carbocycles. The lowest BCUT2D eigenvalue weighted by atomic mass is 9.92. The van der Waals surface area contributed by atoms with Crippen LogP contribution in [0.4, 0.5) is 0 Å². The van der Waals surface area contributed by atoms with Gasteiger partial charge in [0.2, 0.25) is 11.8 Å². The summed E-state index contributed by atoms with van der Waals surface area (Å²) < 4.78 is 0. The van der Waals surface area contributed by atoms with Crippen molar-refractivity contribution >= 4 is 23.2 Å². The van der Waals surface area contributed by atoms with Crippen molar-refractivity contribution < 1.29 is 9.59 Å². The summed E-state index contributed by atoms with van der Waals surface area (Å²) in [7, 11) is 0. The monoisotopic (exact) mass is 346 g/mol. The highest BCUT2D eigenvalue weighted by Gasteiger charge is 2.68. The zero-order chi connectivity index (χ0) is 16.9. The molecular formula is C19H26N2O2S. The van der Waals surface area contributed by atoms with Crippen LogP contribution >= 0.6 is 11.3 Å². The van der Waals surface area contributed by atoms with Crippen LogP contribution in [0.25, 0.3) is 0 Å². The third-order valence-corrected chi connectivity index (χ3v) is 7.39. The lowest BCUT2D eigenvalue weighted by molar-refractivity contribution is -0.148. The molecule has 0 bridgehead atoms. The molecule has 5 heteroatoms. The molecule has 4 nitrogen and oxygen atoms in total. The van der Waals surface area contributed by atoms with Gasteiger partial charge in [-0.1, -0.05) is 32.8 Å². The van der Waals surface area contributed by atoms with Crippen molar-refractivity contribution in [2.24, 2.45) is 5.41 Å². The Hall–Kier alpha value is -1.36. The number of carbonyl (C=O) groups excluding carboxylic acids is 2. The summed E-state index contributed by atoms with van der Waals surface area (Å²) in [5, 5.41) is 2.04. The zero-order valence-electron chi connectivity index (χ0n) is 14.6. The molecule has 1 aliphatic heterocycles. The Bertz CT molecular complexity index is 648. The Morgan fingerprint density at radius 2 is 1.96 bits per heavy atom. The molecule has 0 unspecified atom stereocenters. The maximum atomic E-state index is 13.3. The van der Waals surface area contributed by atoms with Crippen molar-refractivity contribution in [3.8, 4) is 0 Å². The van der Waals surface area contributed by atoms with Crippen molar-refractivity contribution in [1.29, 1.82) is 0 Å². The summed E-state index contributed by atoms with van der Waals surface area (Å²) in [5.41, 5.74) is -0.419. The van der Waals surface area contributed by atoms with Crippen molar-refractivity contribution in [1.82, 2.24) is 9.80 Å². The molecule has 130 valence electrons. The van der Waals surface area contributed by atoms with Crippen molar-refractivity contribution in [3.05, 3.63) is 22.4 Å². The first-order chi connectivity index (χ1) is 11.5. The van der Waals surface area contributed by atoms with E-state index in [-0.39, 0.29) is 23.8 Å². The van der Waals surface area contributed by atoms with E-state index >= 15 is 0 Å². The van der Waals surface area contributed by atoms with Gasteiger partial charge in [0.15, 0.2) is 0 Å². The Labute approximate surface area is 147 Å². The first-order valence-corrected chi connectivity index (χ1v) is 9.96. The second kappa shape index (κ2) is 5.58. The number of amides is 2. The number of rotatable bonds is 3. The zero-order valence-corrected chi connectivity index (χ0v) is 15.4. The van der Waals surface area contributed by atoms with Crippen LogP contribution in [0.5, 0.6) is 0 Å². The second-order valence-corrected chi connectivity index (χ2v) is 9.14. The van der Waals surface area contributed by atoms with E-state index in [1.165, 1.54) is 12.8 Å². The first-order valence-electron chi connectivity index (χ1n) is 9.08. The fraction of sp³-hybridized carbons (Fsp3) is 0.684. The molecule has 1 atom stereocenters. The van der Waals surface area contributed by atoms with Gasteiger partial charge in [0, 0.05) is 24.0 Å². The van der Waals surface area contributed by atoms with Crippen molar-refractivity contribution in [2.45, 2.75) is 57.4 Å². The smallest absolute Gasteiger partial charge is 0.242 e. The SMILES string of the molecule is CC1(C)C[C@@]1(C(=O)N1CCN(C2CCCC2)C(=O)C1)c1cccs1. The van der Waals surface area contributed by atoms with Gasteiger partial charge in [-0.15, -0.1) is 11.3 Å². The molecule has 3 aliphatic rings. The van der Waals surface area contributed by atoms with Crippen LogP contribution in [-0.2, 0) is 15.0 Å². The molecule has 1 aromatic rings. The van der Waals surface area contributed by atoms with Crippen LogP contribution < -0.4 is 0 Å². The molecule has 0 radical (unpaired) electrons. The summed E-state index contributed by atoms with van der Waals surface area (Å²) in [6, 6.07) is 4.51. The summed E-state index contributed by atoms with van der Waals surface area (Å²) in [4.78, 5) is 31.0. The van der Waals surface area contributed by atoms with Gasteiger partial charge in [-0.3, -0.25) is 9.59 Å². The molecular weight excluding hydrogens is 320 g/mol. The van der Waals surface area contributed by atoms with Gasteiger partial charge in [-0.2, -0.15) is 0 Å². The highest BCUT2D eigenvalue weighted by atomic mass is 32.1. The number of carbonyl (C=O) groups is 2. The molecule has 1 saturated heterocycles. The van der Waals surface area contributed by atoms with Gasteiger partial charge in [0.05, 0.1) is 12.0 Å². The molecule has 4 rings (SSSR count). The van der Waals surface area contributed by atoms with E-state index in [9.17, 15) is 9.59 Å². The van der Waals surface area contributed by atoms with Gasteiger partial charge in [0.1, 0.15) is 0 Å². The Morgan fingerprint density at radius 1 is 1.25 bits per heavy atom. The molecule has 24 heavy (non-hydrogen) atoms. The van der Waals surface area contributed by atoms with E-state index in [1.807, 2.05) is 21.2 Å². The number of thiophene rings is 1. The van der Waals surface area contributed by atoms with Gasteiger partial charge >= 0.3 is 0 Å². The summed E-state index contributed by atoms with van der Waals surface area (Å²) in [6.45, 7) is 5.99. The summed E-state index contributed by atoms with van der Waals surface area (Å²) in [6.07, 6.45) is 5.60. The van der Waals surface area contributed by atoms with Crippen LogP contribution in [0.3, 0.4) is 0 Å². The molecule has 0 aromatic carbocycles. The topological polar surface area (TPSA) is 40.6 Å². The average molecular weight is 346 g/mol. The van der Waals surface area contributed by atoms with Gasteiger partial charge in [0.25, 0.3) is 0 Å². The van der Waals surface area contributed by atoms with Crippen LogP contribution in [0.15, 0.2) is 17.5 Å². The molecule has 3 fully saturated rings. The lowest BCUT2D eigenvalue weighted by Crippen LogP contribution is -2.57. The first kappa shape index (κ1) is 16.1. The van der Waals surface area contributed by atoms with Crippen LogP contribution in [0.2, 0.25) is 0 Å². The normalized spacial score (nSPS) is 30.0. The Kier molecular flexibility index (Phi) is 3.75. The lowest BCUT2D eigenvalue weighted by Gasteiger charge is -2.39. The van der Waals surface area contributed by atoms with E-state index in [0.29, 0.717) is 19.1 Å².